The molecule has 5 heteroatoms. The van der Waals surface area contributed by atoms with Crippen molar-refractivity contribution in [2.24, 2.45) is 0 Å². The number of benzene rings is 1. The minimum absolute atomic E-state index is 0.101. The van der Waals surface area contributed by atoms with Gasteiger partial charge in [-0.15, -0.1) is 0 Å². The van der Waals surface area contributed by atoms with Crippen molar-refractivity contribution in [1.29, 1.82) is 5.26 Å². The second-order valence-corrected chi connectivity index (χ2v) is 5.12. The zero-order valence-electron chi connectivity index (χ0n) is 11.0. The average Bonchev–Trinajstić information content (AvgIpc) is 2.35. The molecule has 0 aromatic heterocycles. The number of fused-ring (bicyclic) bond motifs is 1. The van der Waals surface area contributed by atoms with Gasteiger partial charge in [0.2, 0.25) is 0 Å². The second-order valence-electron chi connectivity index (χ2n) is 5.12. The lowest BCUT2D eigenvalue weighted by molar-refractivity contribution is -0.144. The highest BCUT2D eigenvalue weighted by Crippen LogP contribution is 2.42. The van der Waals surface area contributed by atoms with Gasteiger partial charge in [-0.3, -0.25) is 4.79 Å². The van der Waals surface area contributed by atoms with Crippen molar-refractivity contribution < 1.29 is 18.7 Å². The molecule has 19 heavy (non-hydrogen) atoms. The van der Waals surface area contributed by atoms with Crippen molar-refractivity contribution in [3.05, 3.63) is 29.1 Å². The molecule has 1 aromatic rings. The van der Waals surface area contributed by atoms with Gasteiger partial charge in [0.15, 0.2) is 0 Å². The molecule has 0 N–H and O–H groups in total. The lowest BCUT2D eigenvalue weighted by Crippen LogP contribution is -2.37. The van der Waals surface area contributed by atoms with Gasteiger partial charge in [-0.05, 0) is 19.9 Å². The van der Waals surface area contributed by atoms with Crippen LogP contribution >= 0.6 is 0 Å². The van der Waals surface area contributed by atoms with Gasteiger partial charge in [-0.1, -0.05) is 0 Å². The van der Waals surface area contributed by atoms with E-state index >= 15 is 0 Å². The minimum atomic E-state index is -0.650. The predicted molar refractivity (Wildman–Crippen MR) is 65.2 cm³/mol. The van der Waals surface area contributed by atoms with Crippen LogP contribution < -0.4 is 4.74 Å². The third-order valence-corrected chi connectivity index (χ3v) is 3.16. The molecule has 1 heterocycles. The molecule has 0 fully saturated rings. The summed E-state index contributed by atoms with van der Waals surface area (Å²) in [5, 5.41) is 8.86. The van der Waals surface area contributed by atoms with Gasteiger partial charge < -0.3 is 9.47 Å². The first-order valence-electron chi connectivity index (χ1n) is 5.88. The Labute approximate surface area is 110 Å². The summed E-state index contributed by atoms with van der Waals surface area (Å²) in [5.74, 6) is -1.31. The Morgan fingerprint density at radius 2 is 2.26 bits per heavy atom. The lowest BCUT2D eigenvalue weighted by Gasteiger charge is -2.36. The van der Waals surface area contributed by atoms with E-state index in [0.717, 1.165) is 6.07 Å². The van der Waals surface area contributed by atoms with Crippen molar-refractivity contribution in [2.45, 2.75) is 31.8 Å². The molecule has 1 aliphatic rings. The SMILES string of the molecule is COC(=O)C1CC(C)(C)Oc2cc(F)c(C#N)cc21. The van der Waals surface area contributed by atoms with Crippen LogP contribution in [0.5, 0.6) is 5.75 Å². The van der Waals surface area contributed by atoms with E-state index in [9.17, 15) is 9.18 Å². The number of ether oxygens (including phenoxy) is 2. The maximum atomic E-state index is 13.6. The molecule has 100 valence electrons. The van der Waals surface area contributed by atoms with Crippen molar-refractivity contribution in [3.8, 4) is 11.8 Å². The van der Waals surface area contributed by atoms with Gasteiger partial charge in [0.1, 0.15) is 23.2 Å². The first-order valence-corrected chi connectivity index (χ1v) is 5.88. The number of esters is 1. The highest BCUT2D eigenvalue weighted by Gasteiger charge is 2.38. The molecule has 0 aliphatic carbocycles. The monoisotopic (exact) mass is 263 g/mol. The molecule has 1 atom stereocenters. The zero-order valence-corrected chi connectivity index (χ0v) is 11.0. The van der Waals surface area contributed by atoms with Crippen LogP contribution in [0.15, 0.2) is 12.1 Å². The number of nitrogens with zero attached hydrogens (tertiary/aromatic N) is 1. The molecule has 1 aromatic carbocycles. The van der Waals surface area contributed by atoms with Crippen LogP contribution in [-0.4, -0.2) is 18.7 Å². The fourth-order valence-corrected chi connectivity index (χ4v) is 2.31. The van der Waals surface area contributed by atoms with Gasteiger partial charge in [-0.25, -0.2) is 4.39 Å². The maximum absolute atomic E-state index is 13.6. The summed E-state index contributed by atoms with van der Waals surface area (Å²) in [6.07, 6.45) is 0.420. The number of nitriles is 1. The van der Waals surface area contributed by atoms with Gasteiger partial charge in [0, 0.05) is 18.1 Å². The van der Waals surface area contributed by atoms with Crippen LogP contribution in [0.25, 0.3) is 0 Å². The summed E-state index contributed by atoms with van der Waals surface area (Å²) in [4.78, 5) is 11.8. The van der Waals surface area contributed by atoms with Crippen LogP contribution in [0.3, 0.4) is 0 Å². The number of methoxy groups -OCH3 is 1. The Morgan fingerprint density at radius 3 is 2.84 bits per heavy atom. The van der Waals surface area contributed by atoms with Crippen LogP contribution in [0.1, 0.15) is 37.3 Å². The summed E-state index contributed by atoms with van der Waals surface area (Å²) in [6.45, 7) is 3.64. The lowest BCUT2D eigenvalue weighted by atomic mass is 9.83. The third kappa shape index (κ3) is 2.39. The van der Waals surface area contributed by atoms with Gasteiger partial charge in [-0.2, -0.15) is 5.26 Å². The summed E-state index contributed by atoms with van der Waals surface area (Å²) in [6, 6.07) is 4.28. The van der Waals surface area contributed by atoms with E-state index in [-0.39, 0.29) is 5.56 Å². The van der Waals surface area contributed by atoms with Crippen LogP contribution in [-0.2, 0) is 9.53 Å². The molecule has 0 radical (unpaired) electrons. The van der Waals surface area contributed by atoms with Gasteiger partial charge in [0.25, 0.3) is 0 Å². The zero-order chi connectivity index (χ0) is 14.2. The quantitative estimate of drug-likeness (QED) is 0.730. The fourth-order valence-electron chi connectivity index (χ4n) is 2.31. The Bertz CT molecular complexity index is 575. The average molecular weight is 263 g/mol. The van der Waals surface area contributed by atoms with Crippen molar-refractivity contribution in [3.63, 3.8) is 0 Å². The number of carbonyl (C=O) groups is 1. The number of rotatable bonds is 1. The largest absolute Gasteiger partial charge is 0.487 e. The maximum Gasteiger partial charge on any atom is 0.313 e. The van der Waals surface area contributed by atoms with Crippen LogP contribution in [0.4, 0.5) is 4.39 Å². The highest BCUT2D eigenvalue weighted by molar-refractivity contribution is 5.80. The van der Waals surface area contributed by atoms with Crippen molar-refractivity contribution in [2.75, 3.05) is 7.11 Å². The third-order valence-electron chi connectivity index (χ3n) is 3.16. The molecule has 2 rings (SSSR count). The normalized spacial score (nSPS) is 19.8. The summed E-state index contributed by atoms with van der Waals surface area (Å²) in [7, 11) is 1.30. The first-order chi connectivity index (χ1) is 8.88. The number of hydrogen-bond acceptors (Lipinski definition) is 4. The van der Waals surface area contributed by atoms with E-state index < -0.39 is 23.3 Å². The summed E-state index contributed by atoms with van der Waals surface area (Å²) < 4.78 is 24.1. The van der Waals surface area contributed by atoms with E-state index in [4.69, 9.17) is 14.7 Å². The second kappa shape index (κ2) is 4.54. The molecular weight excluding hydrogens is 249 g/mol. The number of carbonyl (C=O) groups excluding carboxylic acids is 1. The smallest absolute Gasteiger partial charge is 0.313 e. The molecule has 0 saturated heterocycles. The van der Waals surface area contributed by atoms with E-state index in [2.05, 4.69) is 0 Å². The standard InChI is InChI=1S/C14H14FNO3/c1-14(2)6-10(13(17)18-3)9-4-8(7-16)11(15)5-12(9)19-14/h4-5,10H,6H2,1-3H3. The topological polar surface area (TPSA) is 59.3 Å². The molecular formula is C14H14FNO3. The fraction of sp³-hybridized carbons (Fsp3) is 0.429. The summed E-state index contributed by atoms with van der Waals surface area (Å²) >= 11 is 0. The molecule has 1 aliphatic heterocycles. The molecule has 0 spiro atoms. The molecule has 1 unspecified atom stereocenters. The highest BCUT2D eigenvalue weighted by atomic mass is 19.1. The van der Waals surface area contributed by atoms with E-state index in [1.165, 1.54) is 13.2 Å². The molecule has 0 amide bonds. The van der Waals surface area contributed by atoms with E-state index in [1.54, 1.807) is 6.07 Å². The Kier molecular flexibility index (Phi) is 3.19. The van der Waals surface area contributed by atoms with Crippen LogP contribution in [0.2, 0.25) is 0 Å². The van der Waals surface area contributed by atoms with E-state index in [0.29, 0.717) is 17.7 Å². The summed E-state index contributed by atoms with van der Waals surface area (Å²) in [5.41, 5.74) is -0.188. The molecule has 0 bridgehead atoms. The Morgan fingerprint density at radius 1 is 1.58 bits per heavy atom. The van der Waals surface area contributed by atoms with Crippen LogP contribution in [0, 0.1) is 17.1 Å². The minimum Gasteiger partial charge on any atom is -0.487 e. The Balaban J connectivity index is 2.58. The van der Waals surface area contributed by atoms with Crippen molar-refractivity contribution >= 4 is 5.97 Å². The molecule has 0 saturated carbocycles. The number of halogens is 1. The predicted octanol–water partition coefficient (Wildman–Crippen LogP) is 2.52. The van der Waals surface area contributed by atoms with Gasteiger partial charge in [0.05, 0.1) is 18.6 Å². The first kappa shape index (κ1) is 13.3. The molecule has 4 nitrogen and oxygen atoms in total. The Hall–Kier alpha value is -2.09. The van der Waals surface area contributed by atoms with E-state index in [1.807, 2.05) is 13.8 Å². The number of hydrogen-bond donors (Lipinski definition) is 0. The van der Waals surface area contributed by atoms with Gasteiger partial charge >= 0.3 is 5.97 Å². The van der Waals surface area contributed by atoms with Crippen molar-refractivity contribution in [1.82, 2.24) is 0 Å².